The zero-order valence-corrected chi connectivity index (χ0v) is 21.4. The molecule has 0 unspecified atom stereocenters. The van der Waals surface area contributed by atoms with Gasteiger partial charge >= 0.3 is 57.6 Å². The molecule has 1 aliphatic rings. The number of benzene rings is 1. The maximum atomic E-state index is 13.7. The summed E-state index contributed by atoms with van der Waals surface area (Å²) in [6.45, 7) is -0.302. The Kier molecular flexibility index (Phi) is 11.3. The standard InChI is InChI=1S/C16H15F6N5O.K.H3O4P/c17-10-6-12(19)11(18)4-8(10)3-9(23)5-14(28)26-1-2-27-13(7-26)24-25-15(27)16(20,21)22;;1-5(2,3)4/h4,6,9H,1-3,5,7,23H2;;(H3,1,2,3,4)/q;+1;/p-2/t9-;;/m1../s1. The van der Waals surface area contributed by atoms with E-state index in [9.17, 15) is 31.1 Å². The molecule has 0 saturated heterocycles. The van der Waals surface area contributed by atoms with Gasteiger partial charge in [-0.15, -0.1) is 10.2 Å². The zero-order chi connectivity index (χ0) is 25.1. The van der Waals surface area contributed by atoms with Crippen LogP contribution in [0.2, 0.25) is 0 Å². The van der Waals surface area contributed by atoms with Crippen molar-refractivity contribution in [3.8, 4) is 0 Å². The van der Waals surface area contributed by atoms with Gasteiger partial charge in [-0.1, -0.05) is 0 Å². The summed E-state index contributed by atoms with van der Waals surface area (Å²) in [6.07, 6.45) is -5.11. The third-order valence-corrected chi connectivity index (χ3v) is 4.37. The normalized spacial score (nSPS) is 14.5. The number of hydrogen-bond donors (Lipinski definition) is 2. The summed E-state index contributed by atoms with van der Waals surface area (Å²) in [5, 5.41) is 6.60. The number of amides is 1. The zero-order valence-electron chi connectivity index (χ0n) is 17.4. The van der Waals surface area contributed by atoms with Crippen LogP contribution in [0.3, 0.4) is 0 Å². The fourth-order valence-corrected chi connectivity index (χ4v) is 3.01. The van der Waals surface area contributed by atoms with Gasteiger partial charge in [-0.25, -0.2) is 13.2 Å². The maximum Gasteiger partial charge on any atom is 1.00 e. The first kappa shape index (κ1) is 31.1. The second kappa shape index (κ2) is 12.4. The molecule has 1 atom stereocenters. The molecule has 3 rings (SSSR count). The Bertz CT molecular complexity index is 1060. The van der Waals surface area contributed by atoms with E-state index in [0.717, 1.165) is 4.57 Å². The Labute approximate surface area is 230 Å². The molecule has 34 heavy (non-hydrogen) atoms. The molecular weight excluding hydrogens is 526 g/mol. The first-order chi connectivity index (χ1) is 15.1. The van der Waals surface area contributed by atoms with Gasteiger partial charge in [0.05, 0.1) is 14.4 Å². The topological polar surface area (TPSA) is 160 Å². The van der Waals surface area contributed by atoms with Gasteiger partial charge in [-0.05, 0) is 18.1 Å². The summed E-state index contributed by atoms with van der Waals surface area (Å²) in [5.41, 5.74) is 5.64. The molecule has 10 nitrogen and oxygen atoms in total. The van der Waals surface area contributed by atoms with Gasteiger partial charge in [0, 0.05) is 31.6 Å². The van der Waals surface area contributed by atoms with E-state index in [1.807, 2.05) is 0 Å². The number of alkyl halides is 3. The van der Waals surface area contributed by atoms with Crippen molar-refractivity contribution in [3.05, 3.63) is 46.8 Å². The van der Waals surface area contributed by atoms with Crippen LogP contribution in [-0.2, 0) is 35.0 Å². The van der Waals surface area contributed by atoms with E-state index in [4.69, 9.17) is 25.0 Å². The molecule has 0 saturated carbocycles. The molecular formula is C16H16F6KN5O5P-. The van der Waals surface area contributed by atoms with Crippen LogP contribution in [0.4, 0.5) is 26.3 Å². The monoisotopic (exact) mass is 542 g/mol. The van der Waals surface area contributed by atoms with Crippen LogP contribution >= 0.6 is 7.82 Å². The second-order valence-corrected chi connectivity index (χ2v) is 7.84. The Morgan fingerprint density at radius 3 is 2.26 bits per heavy atom. The summed E-state index contributed by atoms with van der Waals surface area (Å²) in [7, 11) is -5.14. The van der Waals surface area contributed by atoms with Crippen molar-refractivity contribution in [2.45, 2.75) is 38.1 Å². The summed E-state index contributed by atoms with van der Waals surface area (Å²) < 4.78 is 87.9. The molecule has 0 fully saturated rings. The van der Waals surface area contributed by atoms with Crippen molar-refractivity contribution in [2.24, 2.45) is 5.73 Å². The second-order valence-electron chi connectivity index (χ2n) is 6.90. The van der Waals surface area contributed by atoms with Gasteiger partial charge in [0.15, 0.2) is 17.5 Å². The van der Waals surface area contributed by atoms with Crippen LogP contribution in [0.25, 0.3) is 0 Å². The quantitative estimate of drug-likeness (QED) is 0.177. The van der Waals surface area contributed by atoms with Crippen molar-refractivity contribution in [1.29, 1.82) is 0 Å². The fourth-order valence-electron chi connectivity index (χ4n) is 3.01. The average molecular weight is 542 g/mol. The predicted octanol–water partition coefficient (Wildman–Crippen LogP) is -3.17. The first-order valence-electron chi connectivity index (χ1n) is 8.97. The number of nitrogens with zero attached hydrogens (tertiary/aromatic N) is 4. The Hall–Kier alpha value is -0.884. The molecule has 0 radical (unpaired) electrons. The van der Waals surface area contributed by atoms with Crippen LogP contribution in [0, 0.1) is 17.5 Å². The number of halogens is 6. The van der Waals surface area contributed by atoms with E-state index in [0.29, 0.717) is 12.1 Å². The van der Waals surface area contributed by atoms with Crippen molar-refractivity contribution >= 4 is 13.7 Å². The number of carbonyl (C=O) groups excluding carboxylic acids is 1. The van der Waals surface area contributed by atoms with Crippen molar-refractivity contribution in [2.75, 3.05) is 6.54 Å². The van der Waals surface area contributed by atoms with Crippen molar-refractivity contribution in [1.82, 2.24) is 19.7 Å². The minimum absolute atomic E-state index is 0. The SMILES string of the molecule is N[C@@H](CC(=O)N1CCn2c(nnc2C(F)(F)F)C1)Cc1cc(F)c(F)cc1F.O=P([O-])([O-])O.[K+]. The van der Waals surface area contributed by atoms with Crippen molar-refractivity contribution < 1.29 is 102 Å². The number of rotatable bonds is 4. The molecule has 2 aromatic rings. The molecule has 1 amide bonds. The van der Waals surface area contributed by atoms with Gasteiger partial charge in [-0.3, -0.25) is 4.79 Å². The minimum atomic E-state index is -5.14. The van der Waals surface area contributed by atoms with Gasteiger partial charge in [0.2, 0.25) is 11.7 Å². The summed E-state index contributed by atoms with van der Waals surface area (Å²) in [6, 6.07) is 0.184. The number of hydrogen-bond acceptors (Lipinski definition) is 7. The van der Waals surface area contributed by atoms with Crippen LogP contribution < -0.4 is 66.9 Å². The maximum absolute atomic E-state index is 13.7. The van der Waals surface area contributed by atoms with E-state index in [2.05, 4.69) is 10.2 Å². The summed E-state index contributed by atoms with van der Waals surface area (Å²) in [4.78, 5) is 37.9. The first-order valence-corrected chi connectivity index (χ1v) is 10.5. The molecule has 18 heteroatoms. The van der Waals surface area contributed by atoms with Gasteiger partial charge in [0.25, 0.3) is 0 Å². The molecule has 2 heterocycles. The number of carbonyl (C=O) groups is 1. The van der Waals surface area contributed by atoms with Crippen LogP contribution in [0.1, 0.15) is 23.6 Å². The fraction of sp³-hybridized carbons (Fsp3) is 0.438. The van der Waals surface area contributed by atoms with E-state index in [-0.39, 0.29) is 95.2 Å². The molecule has 1 aromatic heterocycles. The largest absolute Gasteiger partial charge is 1.00 e. The van der Waals surface area contributed by atoms with E-state index >= 15 is 0 Å². The van der Waals surface area contributed by atoms with Crippen LogP contribution in [0.15, 0.2) is 12.1 Å². The minimum Gasteiger partial charge on any atom is -0.790 e. The van der Waals surface area contributed by atoms with E-state index in [1.54, 1.807) is 0 Å². The number of phosphoric acid groups is 1. The molecule has 0 spiro atoms. The smallest absolute Gasteiger partial charge is 0.790 e. The Balaban J connectivity index is 0.000000873. The van der Waals surface area contributed by atoms with Crippen LogP contribution in [0.5, 0.6) is 0 Å². The van der Waals surface area contributed by atoms with Crippen LogP contribution in [-0.4, -0.2) is 43.1 Å². The predicted molar refractivity (Wildman–Crippen MR) is 92.9 cm³/mol. The molecule has 3 N–H and O–H groups in total. The molecule has 1 aromatic carbocycles. The summed E-state index contributed by atoms with van der Waals surface area (Å²) in [5.74, 6) is -5.15. The van der Waals surface area contributed by atoms with Gasteiger partial charge in [0.1, 0.15) is 5.82 Å². The summed E-state index contributed by atoms with van der Waals surface area (Å²) >= 11 is 0. The Morgan fingerprint density at radius 2 is 1.71 bits per heavy atom. The molecule has 0 aliphatic carbocycles. The molecule has 0 bridgehead atoms. The van der Waals surface area contributed by atoms with Gasteiger partial charge in [-0.2, -0.15) is 13.2 Å². The molecule has 1 aliphatic heterocycles. The number of aromatic nitrogens is 3. The van der Waals surface area contributed by atoms with E-state index < -0.39 is 49.2 Å². The third kappa shape index (κ3) is 9.29. The third-order valence-electron chi connectivity index (χ3n) is 4.37. The Morgan fingerprint density at radius 1 is 1.15 bits per heavy atom. The average Bonchev–Trinajstić information content (AvgIpc) is 3.08. The van der Waals surface area contributed by atoms with Gasteiger partial charge < -0.3 is 34.4 Å². The number of fused-ring (bicyclic) bond motifs is 1. The van der Waals surface area contributed by atoms with Crippen molar-refractivity contribution in [3.63, 3.8) is 0 Å². The van der Waals surface area contributed by atoms with E-state index in [1.165, 1.54) is 4.90 Å². The number of nitrogens with two attached hydrogens (primary N) is 1. The molecule has 184 valence electrons.